The number of aryl methyl sites for hydroxylation is 1. The van der Waals surface area contributed by atoms with Gasteiger partial charge in [0.1, 0.15) is 11.4 Å². The number of carbonyl (C=O) groups is 1. The van der Waals surface area contributed by atoms with E-state index in [4.69, 9.17) is 5.11 Å². The van der Waals surface area contributed by atoms with Gasteiger partial charge in [0.05, 0.1) is 6.20 Å². The van der Waals surface area contributed by atoms with Gasteiger partial charge in [-0.3, -0.25) is 4.79 Å². The van der Waals surface area contributed by atoms with Crippen LogP contribution in [-0.4, -0.2) is 29.7 Å². The van der Waals surface area contributed by atoms with Crippen molar-refractivity contribution in [2.75, 3.05) is 4.31 Å². The maximum Gasteiger partial charge on any atom is 0.330 e. The number of fused-ring (bicyclic) bond motifs is 1. The van der Waals surface area contributed by atoms with Gasteiger partial charge in [0, 0.05) is 6.42 Å². The molecule has 0 radical (unpaired) electrons. The molecule has 1 aliphatic heterocycles. The van der Waals surface area contributed by atoms with E-state index in [0.29, 0.717) is 23.6 Å². The third kappa shape index (κ3) is 3.45. The molecule has 0 amide bonds. The second-order valence-electron chi connectivity index (χ2n) is 5.69. The molecule has 132 valence electrons. The Morgan fingerprint density at radius 3 is 2.52 bits per heavy atom. The van der Waals surface area contributed by atoms with Gasteiger partial charge in [-0.05, 0) is 41.3 Å². The van der Waals surface area contributed by atoms with Gasteiger partial charge >= 0.3 is 16.2 Å². The molecule has 0 aromatic heterocycles. The van der Waals surface area contributed by atoms with Crippen molar-refractivity contribution in [1.82, 2.24) is 4.72 Å². The average molecular weight is 364 g/mol. The minimum Gasteiger partial charge on any atom is -0.506 e. The van der Waals surface area contributed by atoms with Crippen molar-refractivity contribution >= 4 is 32.6 Å². The number of rotatable bonds is 5. The van der Waals surface area contributed by atoms with Gasteiger partial charge in [0.15, 0.2) is 0 Å². The maximum absolute atomic E-state index is 12.0. The molecule has 0 saturated heterocycles. The molecule has 0 aliphatic carbocycles. The molecule has 2 aromatic rings. The van der Waals surface area contributed by atoms with Gasteiger partial charge in [0.2, 0.25) is 5.88 Å². The Kier molecular flexibility index (Phi) is 4.17. The molecule has 0 unspecified atom stereocenters. The predicted molar refractivity (Wildman–Crippen MR) is 91.4 cm³/mol. The minimum absolute atomic E-state index is 0.00624. The number of benzene rings is 2. The van der Waals surface area contributed by atoms with Crippen LogP contribution in [0.1, 0.15) is 18.4 Å². The standard InChI is InChI=1S/C16H16N2O6S/c19-14-8-11-5-4-10(2-1-3-16(21)22)6-12(11)7-13(14)18-9-15(20)17-25(18,23)24/h4-9,17,19-20H,1-3H2,(H,21,22). The molecular weight excluding hydrogens is 348 g/mol. The number of anilines is 1. The molecule has 0 fully saturated rings. The largest absolute Gasteiger partial charge is 0.506 e. The van der Waals surface area contributed by atoms with E-state index in [-0.39, 0.29) is 17.9 Å². The van der Waals surface area contributed by atoms with E-state index in [2.05, 4.69) is 0 Å². The van der Waals surface area contributed by atoms with Crippen LogP contribution >= 0.6 is 0 Å². The summed E-state index contributed by atoms with van der Waals surface area (Å²) in [7, 11) is -4.00. The Morgan fingerprint density at radius 2 is 1.88 bits per heavy atom. The van der Waals surface area contributed by atoms with Gasteiger partial charge in [0.25, 0.3) is 0 Å². The van der Waals surface area contributed by atoms with Crippen LogP contribution in [0, 0.1) is 0 Å². The van der Waals surface area contributed by atoms with E-state index in [9.17, 15) is 23.4 Å². The van der Waals surface area contributed by atoms with E-state index in [1.165, 1.54) is 12.1 Å². The number of hydrogen-bond donors (Lipinski definition) is 4. The number of carboxylic acids is 1. The Balaban J connectivity index is 1.98. The monoisotopic (exact) mass is 364 g/mol. The third-order valence-electron chi connectivity index (χ3n) is 3.82. The molecule has 1 heterocycles. The topological polar surface area (TPSA) is 127 Å². The van der Waals surface area contributed by atoms with Gasteiger partial charge in [-0.2, -0.15) is 8.42 Å². The summed E-state index contributed by atoms with van der Waals surface area (Å²) in [5.41, 5.74) is 0.915. The number of nitrogens with zero attached hydrogens (tertiary/aromatic N) is 1. The highest BCUT2D eigenvalue weighted by atomic mass is 32.2. The van der Waals surface area contributed by atoms with Crippen LogP contribution in [0.25, 0.3) is 10.8 Å². The van der Waals surface area contributed by atoms with Crippen LogP contribution in [0.3, 0.4) is 0 Å². The smallest absolute Gasteiger partial charge is 0.330 e. The molecule has 0 bridgehead atoms. The molecule has 8 nitrogen and oxygen atoms in total. The van der Waals surface area contributed by atoms with Gasteiger partial charge in [-0.15, -0.1) is 0 Å². The molecule has 2 aromatic carbocycles. The fraction of sp³-hybridized carbons (Fsp3) is 0.188. The molecule has 0 spiro atoms. The molecule has 3 rings (SSSR count). The van der Waals surface area contributed by atoms with Crippen molar-refractivity contribution < 1.29 is 28.5 Å². The molecular formula is C16H16N2O6S. The van der Waals surface area contributed by atoms with E-state index in [1.54, 1.807) is 6.07 Å². The lowest BCUT2D eigenvalue weighted by Gasteiger charge is -2.16. The number of aromatic hydroxyl groups is 1. The first kappa shape index (κ1) is 16.9. The molecule has 0 atom stereocenters. The number of aliphatic hydroxyl groups is 1. The third-order valence-corrected chi connectivity index (χ3v) is 5.11. The summed E-state index contributed by atoms with van der Waals surface area (Å²) in [4.78, 5) is 10.6. The lowest BCUT2D eigenvalue weighted by Crippen LogP contribution is -2.29. The van der Waals surface area contributed by atoms with Crippen molar-refractivity contribution in [3.05, 3.63) is 48.0 Å². The van der Waals surface area contributed by atoms with Crippen molar-refractivity contribution in [3.63, 3.8) is 0 Å². The zero-order chi connectivity index (χ0) is 18.2. The van der Waals surface area contributed by atoms with Crippen LogP contribution in [0.2, 0.25) is 0 Å². The van der Waals surface area contributed by atoms with Gasteiger partial charge in [-0.1, -0.05) is 18.2 Å². The summed E-state index contributed by atoms with van der Waals surface area (Å²) < 4.78 is 26.6. The quantitative estimate of drug-likeness (QED) is 0.642. The molecule has 9 heteroatoms. The normalized spacial score (nSPS) is 15.8. The highest BCUT2D eigenvalue weighted by Gasteiger charge is 2.30. The lowest BCUT2D eigenvalue weighted by molar-refractivity contribution is -0.137. The highest BCUT2D eigenvalue weighted by molar-refractivity contribution is 7.91. The Morgan fingerprint density at radius 1 is 1.12 bits per heavy atom. The van der Waals surface area contributed by atoms with Crippen LogP contribution in [0.4, 0.5) is 5.69 Å². The zero-order valence-corrected chi connectivity index (χ0v) is 13.8. The fourth-order valence-electron chi connectivity index (χ4n) is 2.69. The predicted octanol–water partition coefficient (Wildman–Crippen LogP) is 1.96. The second-order valence-corrected chi connectivity index (χ2v) is 7.23. The fourth-order valence-corrected chi connectivity index (χ4v) is 3.75. The number of nitrogens with one attached hydrogen (secondary N) is 1. The number of carboxylic acid groups (broad SMARTS) is 1. The summed E-state index contributed by atoms with van der Waals surface area (Å²) in [6.07, 6.45) is 2.10. The molecule has 25 heavy (non-hydrogen) atoms. The molecule has 0 saturated carbocycles. The molecule has 4 N–H and O–H groups in total. The first-order valence-corrected chi connectivity index (χ1v) is 8.91. The Hall–Kier alpha value is -2.94. The highest BCUT2D eigenvalue weighted by Crippen LogP contribution is 2.35. The van der Waals surface area contributed by atoms with Crippen LogP contribution in [0.5, 0.6) is 5.75 Å². The summed E-state index contributed by atoms with van der Waals surface area (Å²) in [6.45, 7) is 0. The first-order valence-electron chi connectivity index (χ1n) is 7.47. The second kappa shape index (κ2) is 6.17. The van der Waals surface area contributed by atoms with Crippen molar-refractivity contribution in [1.29, 1.82) is 0 Å². The summed E-state index contributed by atoms with van der Waals surface area (Å²) in [6, 6.07) is 8.37. The SMILES string of the molecule is O=C(O)CCCc1ccc2cc(O)c(N3C=C(O)NS3(=O)=O)cc2c1. The first-order chi connectivity index (χ1) is 11.8. The van der Waals surface area contributed by atoms with Crippen molar-refractivity contribution in [2.45, 2.75) is 19.3 Å². The van der Waals surface area contributed by atoms with E-state index in [0.717, 1.165) is 16.1 Å². The number of phenols is 1. The number of aliphatic carboxylic acids is 1. The Bertz CT molecular complexity index is 984. The average Bonchev–Trinajstić information content (AvgIpc) is 2.79. The molecule has 1 aliphatic rings. The number of aliphatic hydroxyl groups excluding tert-OH is 1. The Labute approximate surface area is 143 Å². The van der Waals surface area contributed by atoms with Crippen molar-refractivity contribution in [3.8, 4) is 5.75 Å². The van der Waals surface area contributed by atoms with E-state index < -0.39 is 22.1 Å². The van der Waals surface area contributed by atoms with Crippen LogP contribution < -0.4 is 9.03 Å². The van der Waals surface area contributed by atoms with Gasteiger partial charge in [-0.25, -0.2) is 9.03 Å². The van der Waals surface area contributed by atoms with E-state index in [1.807, 2.05) is 16.9 Å². The van der Waals surface area contributed by atoms with E-state index >= 15 is 0 Å². The maximum atomic E-state index is 12.0. The summed E-state index contributed by atoms with van der Waals surface area (Å²) in [5.74, 6) is -1.64. The van der Waals surface area contributed by atoms with Gasteiger partial charge < -0.3 is 15.3 Å². The number of phenolic OH excluding ortho intramolecular Hbond substituents is 1. The summed E-state index contributed by atoms with van der Waals surface area (Å²) in [5, 5.41) is 29.6. The van der Waals surface area contributed by atoms with Crippen LogP contribution in [0.15, 0.2) is 42.4 Å². The number of hydrogen-bond acceptors (Lipinski definition) is 5. The van der Waals surface area contributed by atoms with Crippen LogP contribution in [-0.2, 0) is 21.4 Å². The lowest BCUT2D eigenvalue weighted by atomic mass is 10.0. The van der Waals surface area contributed by atoms with Crippen molar-refractivity contribution in [2.24, 2.45) is 0 Å². The summed E-state index contributed by atoms with van der Waals surface area (Å²) >= 11 is 0. The zero-order valence-electron chi connectivity index (χ0n) is 13.0. The minimum atomic E-state index is -4.00.